The Morgan fingerprint density at radius 3 is 2.50 bits per heavy atom. The molecule has 0 atom stereocenters. The number of carbonyl (C=O) groups is 1. The molecule has 0 heterocycles. The first-order valence-corrected chi connectivity index (χ1v) is 4.91. The van der Waals surface area contributed by atoms with Gasteiger partial charge in [0.1, 0.15) is 0 Å². The fraction of sp³-hybridized carbons (Fsp3) is 0.182. The topological polar surface area (TPSA) is 37.3 Å². The molecule has 3 heteroatoms. The van der Waals surface area contributed by atoms with Crippen molar-refractivity contribution >= 4 is 22.2 Å². The molecular weight excluding hydrogens is 244 g/mol. The number of allylic oxidation sites excluding steroid dienone is 6. The summed E-state index contributed by atoms with van der Waals surface area (Å²) >= 11 is 3.22. The van der Waals surface area contributed by atoms with Gasteiger partial charge in [-0.3, -0.25) is 4.79 Å². The van der Waals surface area contributed by atoms with E-state index in [0.29, 0.717) is 18.3 Å². The maximum atomic E-state index is 10.5. The van der Waals surface area contributed by atoms with Gasteiger partial charge in [0.15, 0.2) is 6.29 Å². The molecule has 0 aliphatic carbocycles. The Hall–Kier alpha value is -1.09. The zero-order valence-corrected chi connectivity index (χ0v) is 9.62. The molecule has 0 rings (SSSR count). The second kappa shape index (κ2) is 7.33. The van der Waals surface area contributed by atoms with Crippen LogP contribution >= 0.6 is 15.9 Å². The summed E-state index contributed by atoms with van der Waals surface area (Å²) in [6.07, 6.45) is 7.49. The number of aliphatic hydroxyl groups excluding tert-OH is 1. The van der Waals surface area contributed by atoms with E-state index in [-0.39, 0.29) is 5.57 Å². The van der Waals surface area contributed by atoms with E-state index >= 15 is 0 Å². The molecule has 76 valence electrons. The average Bonchev–Trinajstić information content (AvgIpc) is 2.16. The third-order valence-corrected chi connectivity index (χ3v) is 1.87. The minimum Gasteiger partial charge on any atom is -0.515 e. The molecule has 0 saturated heterocycles. The summed E-state index contributed by atoms with van der Waals surface area (Å²) in [7, 11) is 0. The lowest BCUT2D eigenvalue weighted by Crippen LogP contribution is -1.88. The van der Waals surface area contributed by atoms with E-state index in [9.17, 15) is 4.79 Å². The van der Waals surface area contributed by atoms with E-state index < -0.39 is 0 Å². The Morgan fingerprint density at radius 1 is 1.50 bits per heavy atom. The van der Waals surface area contributed by atoms with Crippen LogP contribution in [-0.2, 0) is 4.79 Å². The van der Waals surface area contributed by atoms with E-state index in [1.807, 2.05) is 6.08 Å². The quantitative estimate of drug-likeness (QED) is 0.354. The van der Waals surface area contributed by atoms with Crippen LogP contribution in [0.25, 0.3) is 0 Å². The predicted molar refractivity (Wildman–Crippen MR) is 62.4 cm³/mol. The molecule has 0 aromatic carbocycles. The predicted octanol–water partition coefficient (Wildman–Crippen LogP) is 3.43. The Labute approximate surface area is 92.5 Å². The molecule has 0 radical (unpaired) electrons. The number of aliphatic hydroxyl groups is 1. The lowest BCUT2D eigenvalue weighted by molar-refractivity contribution is -0.104. The number of halogens is 1. The second-order valence-corrected chi connectivity index (χ2v) is 3.69. The van der Waals surface area contributed by atoms with E-state index in [2.05, 4.69) is 22.5 Å². The number of aldehydes is 1. The third kappa shape index (κ3) is 4.82. The Bertz CT molecular complexity index is 298. The van der Waals surface area contributed by atoms with Gasteiger partial charge in [-0.1, -0.05) is 40.7 Å². The smallest absolute Gasteiger partial charge is 0.153 e. The highest BCUT2D eigenvalue weighted by atomic mass is 79.9. The van der Waals surface area contributed by atoms with E-state index in [0.717, 1.165) is 10.7 Å². The van der Waals surface area contributed by atoms with Crippen molar-refractivity contribution in [2.45, 2.75) is 13.3 Å². The first kappa shape index (κ1) is 12.9. The molecule has 0 bridgehead atoms. The summed E-state index contributed by atoms with van der Waals surface area (Å²) in [5.41, 5.74) is 0.959. The molecule has 0 fully saturated rings. The van der Waals surface area contributed by atoms with Crippen molar-refractivity contribution in [2.24, 2.45) is 0 Å². The number of hydrogen-bond donors (Lipinski definition) is 1. The van der Waals surface area contributed by atoms with Gasteiger partial charge in [-0.2, -0.15) is 0 Å². The highest BCUT2D eigenvalue weighted by Crippen LogP contribution is 2.12. The standard InChI is InChI=1S/C11H13BrO2/c1-3-10(11(7-13)8-14)6-4-5-9(2)12/h3-4,6-8,13H,2,5H2,1H3/b6-4-,10-3+,11-7+. The molecule has 0 saturated carbocycles. The van der Waals surface area contributed by atoms with Crippen molar-refractivity contribution < 1.29 is 9.90 Å². The fourth-order valence-electron chi connectivity index (χ4n) is 0.846. The van der Waals surface area contributed by atoms with Crippen LogP contribution < -0.4 is 0 Å². The monoisotopic (exact) mass is 256 g/mol. The average molecular weight is 257 g/mol. The Balaban J connectivity index is 4.53. The van der Waals surface area contributed by atoms with Crippen molar-refractivity contribution in [3.05, 3.63) is 46.7 Å². The van der Waals surface area contributed by atoms with Gasteiger partial charge >= 0.3 is 0 Å². The summed E-state index contributed by atoms with van der Waals surface area (Å²) in [6, 6.07) is 0. The molecular formula is C11H13BrO2. The Kier molecular flexibility index (Phi) is 6.76. The van der Waals surface area contributed by atoms with Crippen molar-refractivity contribution in [1.29, 1.82) is 0 Å². The molecule has 0 aliphatic rings. The van der Waals surface area contributed by atoms with Gasteiger partial charge in [0.05, 0.1) is 11.8 Å². The number of hydrogen-bond acceptors (Lipinski definition) is 2. The molecule has 2 nitrogen and oxygen atoms in total. The largest absolute Gasteiger partial charge is 0.515 e. The van der Waals surface area contributed by atoms with Crippen molar-refractivity contribution in [2.75, 3.05) is 0 Å². The second-order valence-electron chi connectivity index (χ2n) is 2.57. The van der Waals surface area contributed by atoms with Gasteiger partial charge in [-0.15, -0.1) is 0 Å². The van der Waals surface area contributed by atoms with Crippen LogP contribution in [0.2, 0.25) is 0 Å². The SMILES string of the molecule is C=C(Br)C\C=C/C(=C\C)C(/C=O)=C/O. The van der Waals surface area contributed by atoms with Crippen LogP contribution in [-0.4, -0.2) is 11.4 Å². The molecule has 0 unspecified atom stereocenters. The van der Waals surface area contributed by atoms with Crippen LogP contribution in [0.4, 0.5) is 0 Å². The van der Waals surface area contributed by atoms with Crippen molar-refractivity contribution in [3.63, 3.8) is 0 Å². The highest BCUT2D eigenvalue weighted by molar-refractivity contribution is 9.11. The van der Waals surface area contributed by atoms with Gasteiger partial charge in [0.2, 0.25) is 0 Å². The summed E-state index contributed by atoms with van der Waals surface area (Å²) < 4.78 is 0.866. The lowest BCUT2D eigenvalue weighted by Gasteiger charge is -1.97. The third-order valence-electron chi connectivity index (χ3n) is 1.55. The van der Waals surface area contributed by atoms with Crippen LogP contribution in [0, 0.1) is 0 Å². The van der Waals surface area contributed by atoms with Gasteiger partial charge in [-0.05, 0) is 23.4 Å². The van der Waals surface area contributed by atoms with Crippen LogP contribution in [0.1, 0.15) is 13.3 Å². The lowest BCUT2D eigenvalue weighted by atomic mass is 10.1. The minimum atomic E-state index is 0.268. The fourth-order valence-corrected chi connectivity index (χ4v) is 1.03. The normalized spacial score (nSPS) is 13.3. The summed E-state index contributed by atoms with van der Waals surface area (Å²) in [4.78, 5) is 10.5. The molecule has 0 aliphatic heterocycles. The zero-order chi connectivity index (χ0) is 11.0. The minimum absolute atomic E-state index is 0.268. The molecule has 0 aromatic rings. The van der Waals surface area contributed by atoms with Crippen molar-refractivity contribution in [3.8, 4) is 0 Å². The molecule has 14 heavy (non-hydrogen) atoms. The van der Waals surface area contributed by atoms with Crippen LogP contribution in [0.5, 0.6) is 0 Å². The summed E-state index contributed by atoms with van der Waals surface area (Å²) in [5.74, 6) is 0. The van der Waals surface area contributed by atoms with E-state index in [1.54, 1.807) is 19.1 Å². The Morgan fingerprint density at radius 2 is 2.14 bits per heavy atom. The van der Waals surface area contributed by atoms with Gasteiger partial charge in [0, 0.05) is 0 Å². The number of carbonyl (C=O) groups excluding carboxylic acids is 1. The summed E-state index contributed by atoms with van der Waals surface area (Å²) in [6.45, 7) is 5.48. The molecule has 0 aromatic heterocycles. The number of rotatable bonds is 5. The van der Waals surface area contributed by atoms with E-state index in [4.69, 9.17) is 5.11 Å². The van der Waals surface area contributed by atoms with Crippen LogP contribution in [0.15, 0.2) is 46.7 Å². The molecule has 1 N–H and O–H groups in total. The van der Waals surface area contributed by atoms with Gasteiger partial charge in [0.25, 0.3) is 0 Å². The van der Waals surface area contributed by atoms with Gasteiger partial charge in [-0.25, -0.2) is 0 Å². The molecule has 0 spiro atoms. The summed E-state index contributed by atoms with van der Waals surface area (Å²) in [5, 5.41) is 8.74. The van der Waals surface area contributed by atoms with Crippen LogP contribution in [0.3, 0.4) is 0 Å². The highest BCUT2D eigenvalue weighted by Gasteiger charge is 1.98. The van der Waals surface area contributed by atoms with Gasteiger partial charge < -0.3 is 5.11 Å². The first-order chi connectivity index (χ1) is 6.65. The van der Waals surface area contributed by atoms with Crippen molar-refractivity contribution in [1.82, 2.24) is 0 Å². The maximum Gasteiger partial charge on any atom is 0.153 e. The first-order valence-electron chi connectivity index (χ1n) is 4.11. The zero-order valence-electron chi connectivity index (χ0n) is 8.03. The molecule has 0 amide bonds. The maximum absolute atomic E-state index is 10.5. The van der Waals surface area contributed by atoms with E-state index in [1.165, 1.54) is 0 Å².